The van der Waals surface area contributed by atoms with E-state index >= 15 is 0 Å². The number of hydrogen-bond donors (Lipinski definition) is 1. The zero-order valence-corrected chi connectivity index (χ0v) is 24.4. The molecule has 1 aliphatic heterocycles. The lowest BCUT2D eigenvalue weighted by molar-refractivity contribution is 0.0119. The summed E-state index contributed by atoms with van der Waals surface area (Å²) in [6.07, 6.45) is -0.267. The number of rotatable bonds is 8. The highest BCUT2D eigenvalue weighted by Gasteiger charge is 2.30. The van der Waals surface area contributed by atoms with E-state index in [0.29, 0.717) is 44.8 Å². The number of carbonyl (C=O) groups excluding carboxylic acids is 2. The van der Waals surface area contributed by atoms with Crippen LogP contribution in [-0.2, 0) is 4.74 Å². The van der Waals surface area contributed by atoms with E-state index in [0.717, 1.165) is 22.5 Å². The molecule has 0 radical (unpaired) electrons. The largest absolute Gasteiger partial charge is 0.444 e. The third-order valence-electron chi connectivity index (χ3n) is 7.12. The monoisotopic (exact) mass is 542 g/mol. The van der Waals surface area contributed by atoms with E-state index < -0.39 is 5.60 Å². The molecule has 3 aromatic carbocycles. The van der Waals surface area contributed by atoms with E-state index in [2.05, 4.69) is 46.6 Å². The molecular weight excluding hydrogens is 500 g/mol. The minimum absolute atomic E-state index is 0.0316. The predicted octanol–water partition coefficient (Wildman–Crippen LogP) is 6.55. The number of nitrogens with one attached hydrogen (secondary N) is 1. The second-order valence-corrected chi connectivity index (χ2v) is 11.1. The molecule has 3 aromatic rings. The first-order valence-corrected chi connectivity index (χ1v) is 14.2. The van der Waals surface area contributed by atoms with E-state index in [1.165, 1.54) is 0 Å². The Morgan fingerprint density at radius 2 is 1.45 bits per heavy atom. The Hall–Kier alpha value is -3.84. The fraction of sp³-hybridized carbons (Fsp3) is 0.394. The molecule has 0 bridgehead atoms. The molecule has 0 unspecified atom stereocenters. The van der Waals surface area contributed by atoms with Crippen LogP contribution in [0, 0.1) is 0 Å². The number of ether oxygens (including phenoxy) is 1. The summed E-state index contributed by atoms with van der Waals surface area (Å²) in [5.41, 5.74) is 4.47. The Morgan fingerprint density at radius 1 is 0.825 bits per heavy atom. The van der Waals surface area contributed by atoms with Gasteiger partial charge in [0.05, 0.1) is 6.04 Å². The van der Waals surface area contributed by atoms with Crippen molar-refractivity contribution < 1.29 is 14.3 Å². The van der Waals surface area contributed by atoms with Crippen LogP contribution in [-0.4, -0.2) is 71.6 Å². The van der Waals surface area contributed by atoms with Crippen molar-refractivity contribution in [1.82, 2.24) is 14.7 Å². The topological polar surface area (TPSA) is 65.1 Å². The maximum Gasteiger partial charge on any atom is 0.410 e. The molecule has 212 valence electrons. The Kier molecular flexibility index (Phi) is 9.48. The lowest BCUT2D eigenvalue weighted by Crippen LogP contribution is -2.51. The minimum Gasteiger partial charge on any atom is -0.444 e. The molecule has 1 aliphatic rings. The van der Waals surface area contributed by atoms with Crippen LogP contribution >= 0.6 is 0 Å². The third-order valence-corrected chi connectivity index (χ3v) is 7.12. The number of benzene rings is 3. The average molecular weight is 543 g/mol. The molecule has 0 aromatic heterocycles. The maximum absolute atomic E-state index is 12.9. The van der Waals surface area contributed by atoms with Gasteiger partial charge in [0.25, 0.3) is 5.91 Å². The molecule has 1 saturated heterocycles. The lowest BCUT2D eigenvalue weighted by atomic mass is 9.94. The second kappa shape index (κ2) is 13.0. The SMILES string of the molecule is CCN(CC)C(=O)c1ccc([C@@H](c2cccc(Nc3ccccc3)c2)N2CCN(C(=O)OC(C)(C)C)CC2)cc1. The number of hydrogen-bond acceptors (Lipinski definition) is 5. The van der Waals surface area contributed by atoms with Crippen LogP contribution in [0.3, 0.4) is 0 Å². The molecule has 2 amide bonds. The van der Waals surface area contributed by atoms with Gasteiger partial charge in [0.15, 0.2) is 0 Å². The van der Waals surface area contributed by atoms with Gasteiger partial charge in [0.1, 0.15) is 5.60 Å². The van der Waals surface area contributed by atoms with Crippen molar-refractivity contribution in [2.24, 2.45) is 0 Å². The van der Waals surface area contributed by atoms with Crippen LogP contribution in [0.4, 0.5) is 16.2 Å². The van der Waals surface area contributed by atoms with Crippen LogP contribution in [0.5, 0.6) is 0 Å². The van der Waals surface area contributed by atoms with Gasteiger partial charge in [-0.1, -0.05) is 42.5 Å². The molecule has 0 spiro atoms. The van der Waals surface area contributed by atoms with Crippen molar-refractivity contribution in [3.8, 4) is 0 Å². The molecular formula is C33H42N4O3. The van der Waals surface area contributed by atoms with Gasteiger partial charge >= 0.3 is 6.09 Å². The number of carbonyl (C=O) groups is 2. The van der Waals surface area contributed by atoms with E-state index in [4.69, 9.17) is 4.74 Å². The van der Waals surface area contributed by atoms with Gasteiger partial charge in [-0.25, -0.2) is 4.79 Å². The van der Waals surface area contributed by atoms with E-state index in [1.807, 2.05) is 82.0 Å². The minimum atomic E-state index is -0.521. The molecule has 0 aliphatic carbocycles. The number of nitrogens with zero attached hydrogens (tertiary/aromatic N) is 3. The molecule has 0 saturated carbocycles. The van der Waals surface area contributed by atoms with Gasteiger partial charge in [0.2, 0.25) is 0 Å². The Balaban J connectivity index is 1.60. The van der Waals surface area contributed by atoms with Crippen molar-refractivity contribution in [3.05, 3.63) is 95.6 Å². The third kappa shape index (κ3) is 7.42. The first kappa shape index (κ1) is 29.2. The van der Waals surface area contributed by atoms with Crippen LogP contribution < -0.4 is 5.32 Å². The summed E-state index contributed by atoms with van der Waals surface area (Å²) in [5, 5.41) is 3.51. The van der Waals surface area contributed by atoms with E-state index in [-0.39, 0.29) is 18.0 Å². The smallest absolute Gasteiger partial charge is 0.410 e. The van der Waals surface area contributed by atoms with Crippen molar-refractivity contribution in [3.63, 3.8) is 0 Å². The zero-order chi connectivity index (χ0) is 28.7. The van der Waals surface area contributed by atoms with Crippen molar-refractivity contribution in [2.75, 3.05) is 44.6 Å². The summed E-state index contributed by atoms with van der Waals surface area (Å²) in [4.78, 5) is 31.7. The Morgan fingerprint density at radius 3 is 2.05 bits per heavy atom. The average Bonchev–Trinajstić information content (AvgIpc) is 2.94. The zero-order valence-electron chi connectivity index (χ0n) is 24.4. The van der Waals surface area contributed by atoms with Gasteiger partial charge in [-0.2, -0.15) is 0 Å². The second-order valence-electron chi connectivity index (χ2n) is 11.1. The van der Waals surface area contributed by atoms with Crippen LogP contribution in [0.1, 0.15) is 62.1 Å². The Bertz CT molecular complexity index is 1260. The quantitative estimate of drug-likeness (QED) is 0.350. The normalized spacial score (nSPS) is 14.9. The van der Waals surface area contributed by atoms with Crippen molar-refractivity contribution in [2.45, 2.75) is 46.3 Å². The number of piperazine rings is 1. The summed E-state index contributed by atoms with van der Waals surface area (Å²) in [5.74, 6) is 0.0492. The molecule has 1 heterocycles. The van der Waals surface area contributed by atoms with Crippen LogP contribution in [0.15, 0.2) is 78.9 Å². The summed E-state index contributed by atoms with van der Waals surface area (Å²) in [6, 6.07) is 26.6. The molecule has 7 heteroatoms. The maximum atomic E-state index is 12.9. The molecule has 4 rings (SSSR count). The molecule has 7 nitrogen and oxygen atoms in total. The number of amides is 2. The lowest BCUT2D eigenvalue weighted by Gasteiger charge is -2.40. The predicted molar refractivity (Wildman–Crippen MR) is 161 cm³/mol. The number of para-hydroxylation sites is 1. The van der Waals surface area contributed by atoms with Crippen molar-refractivity contribution in [1.29, 1.82) is 0 Å². The first-order valence-electron chi connectivity index (χ1n) is 14.2. The van der Waals surface area contributed by atoms with Gasteiger partial charge in [-0.15, -0.1) is 0 Å². The fourth-order valence-electron chi connectivity index (χ4n) is 5.08. The number of anilines is 2. The van der Waals surface area contributed by atoms with E-state index in [9.17, 15) is 9.59 Å². The molecule has 1 atom stereocenters. The summed E-state index contributed by atoms with van der Waals surface area (Å²) in [7, 11) is 0. The van der Waals surface area contributed by atoms with Crippen molar-refractivity contribution >= 4 is 23.4 Å². The van der Waals surface area contributed by atoms with Gasteiger partial charge in [-0.3, -0.25) is 9.69 Å². The summed E-state index contributed by atoms with van der Waals surface area (Å²) >= 11 is 0. The molecule has 1 fully saturated rings. The van der Waals surface area contributed by atoms with Crippen LogP contribution in [0.2, 0.25) is 0 Å². The fourth-order valence-corrected chi connectivity index (χ4v) is 5.08. The van der Waals surface area contributed by atoms with Gasteiger partial charge in [0, 0.05) is 56.2 Å². The highest BCUT2D eigenvalue weighted by atomic mass is 16.6. The summed E-state index contributed by atoms with van der Waals surface area (Å²) < 4.78 is 5.61. The van der Waals surface area contributed by atoms with Gasteiger partial charge < -0.3 is 19.9 Å². The van der Waals surface area contributed by atoms with E-state index in [1.54, 1.807) is 4.90 Å². The molecule has 40 heavy (non-hydrogen) atoms. The molecule has 1 N–H and O–H groups in total. The highest BCUT2D eigenvalue weighted by Crippen LogP contribution is 2.32. The Labute approximate surface area is 238 Å². The highest BCUT2D eigenvalue weighted by molar-refractivity contribution is 5.94. The van der Waals surface area contributed by atoms with Gasteiger partial charge in [-0.05, 0) is 82.1 Å². The summed E-state index contributed by atoms with van der Waals surface area (Å²) in [6.45, 7) is 13.6. The first-order chi connectivity index (χ1) is 19.2. The van der Waals surface area contributed by atoms with Crippen LogP contribution in [0.25, 0.3) is 0 Å². The standard InChI is InChI=1S/C33H42N4O3/c1-6-35(7-2)31(38)26-18-16-25(17-19-26)30(36-20-22-37(23-21-36)32(39)40-33(3,4)5)27-12-11-15-29(24-27)34-28-13-9-8-10-14-28/h8-19,24,30,34H,6-7,20-23H2,1-5H3/t30-/m0/s1.